The van der Waals surface area contributed by atoms with Crippen LogP contribution in [0.3, 0.4) is 0 Å². The van der Waals surface area contributed by atoms with Crippen LogP contribution < -0.4 is 0 Å². The van der Waals surface area contributed by atoms with Crippen molar-refractivity contribution in [3.05, 3.63) is 17.0 Å². The minimum Gasteiger partial charge on any atom is -0.478 e. The highest BCUT2D eigenvalue weighted by molar-refractivity contribution is 7.91. The first-order chi connectivity index (χ1) is 7.41. The maximum absolute atomic E-state index is 12.0. The molecule has 0 atom stereocenters. The van der Waals surface area contributed by atoms with Gasteiger partial charge < -0.3 is 5.11 Å². The van der Waals surface area contributed by atoms with Gasteiger partial charge in [-0.05, 0) is 17.9 Å². The Kier molecular flexibility index (Phi) is 4.06. The summed E-state index contributed by atoms with van der Waals surface area (Å²) in [5, 5.41) is 10.3. The van der Waals surface area contributed by atoms with Crippen LogP contribution in [-0.4, -0.2) is 37.4 Å². The molecule has 0 amide bonds. The predicted molar refractivity (Wildman–Crippen MR) is 61.4 cm³/mol. The molecule has 7 heteroatoms. The van der Waals surface area contributed by atoms with Crippen molar-refractivity contribution < 1.29 is 18.3 Å². The van der Waals surface area contributed by atoms with Crippen molar-refractivity contribution in [2.75, 3.05) is 13.6 Å². The quantitative estimate of drug-likeness (QED) is 0.873. The molecule has 0 spiro atoms. The Bertz CT molecular complexity index is 477. The van der Waals surface area contributed by atoms with Gasteiger partial charge in [-0.3, -0.25) is 0 Å². The number of hydrogen-bond donors (Lipinski definition) is 1. The van der Waals surface area contributed by atoms with Crippen molar-refractivity contribution in [1.82, 2.24) is 4.31 Å². The molecule has 0 saturated carbocycles. The summed E-state index contributed by atoms with van der Waals surface area (Å²) in [6.07, 6.45) is 0.684. The zero-order valence-electron chi connectivity index (χ0n) is 9.00. The van der Waals surface area contributed by atoms with E-state index in [1.165, 1.54) is 22.8 Å². The fourth-order valence-corrected chi connectivity index (χ4v) is 4.01. The lowest BCUT2D eigenvalue weighted by Gasteiger charge is -2.15. The number of carboxylic acids is 1. The molecule has 0 unspecified atom stereocenters. The Morgan fingerprint density at radius 1 is 1.56 bits per heavy atom. The second kappa shape index (κ2) is 4.94. The first-order valence-corrected chi connectivity index (χ1v) is 7.00. The molecule has 0 aromatic carbocycles. The second-order valence-corrected chi connectivity index (χ2v) is 6.41. The number of hydrogen-bond acceptors (Lipinski definition) is 4. The van der Waals surface area contributed by atoms with E-state index in [1.807, 2.05) is 6.92 Å². The van der Waals surface area contributed by atoms with Gasteiger partial charge in [-0.1, -0.05) is 6.92 Å². The molecule has 0 fully saturated rings. The van der Waals surface area contributed by atoms with Gasteiger partial charge in [0.2, 0.25) is 0 Å². The molecule has 0 aliphatic heterocycles. The molecule has 1 aromatic rings. The fraction of sp³-hybridized carbons (Fsp3) is 0.444. The van der Waals surface area contributed by atoms with Gasteiger partial charge in [0, 0.05) is 13.6 Å². The first kappa shape index (κ1) is 13.1. The third-order valence-corrected chi connectivity index (χ3v) is 5.36. The van der Waals surface area contributed by atoms with Crippen molar-refractivity contribution >= 4 is 27.3 Å². The summed E-state index contributed by atoms with van der Waals surface area (Å²) in [6.45, 7) is 2.23. The number of nitrogens with zero attached hydrogens (tertiary/aromatic N) is 1. The molecule has 1 rings (SSSR count). The summed E-state index contributed by atoms with van der Waals surface area (Å²) < 4.78 is 25.0. The van der Waals surface area contributed by atoms with Gasteiger partial charge in [0.15, 0.2) is 0 Å². The van der Waals surface area contributed by atoms with E-state index in [0.29, 0.717) is 13.0 Å². The van der Waals surface area contributed by atoms with Gasteiger partial charge in [0.1, 0.15) is 4.21 Å². The van der Waals surface area contributed by atoms with E-state index in [-0.39, 0.29) is 9.77 Å². The monoisotopic (exact) mass is 263 g/mol. The first-order valence-electron chi connectivity index (χ1n) is 4.68. The van der Waals surface area contributed by atoms with E-state index in [0.717, 1.165) is 11.3 Å². The molecule has 0 bridgehead atoms. The molecule has 16 heavy (non-hydrogen) atoms. The smallest absolute Gasteiger partial charge is 0.337 e. The number of aromatic carboxylic acids is 1. The molecule has 0 saturated heterocycles. The standard InChI is InChI=1S/C9H13NO4S2/c1-3-5-10(2)16(13,14)9-7(8(11)12)4-6-15-9/h4,6H,3,5H2,1-2H3,(H,11,12). The summed E-state index contributed by atoms with van der Waals surface area (Å²) in [6, 6.07) is 1.31. The molecule has 1 N–H and O–H groups in total. The van der Waals surface area contributed by atoms with Gasteiger partial charge in [-0.25, -0.2) is 17.5 Å². The highest BCUT2D eigenvalue weighted by Gasteiger charge is 2.27. The summed E-state index contributed by atoms with van der Waals surface area (Å²) in [5.41, 5.74) is -0.159. The van der Waals surface area contributed by atoms with Crippen LogP contribution in [-0.2, 0) is 10.0 Å². The molecule has 0 aliphatic rings. The van der Waals surface area contributed by atoms with Gasteiger partial charge in [-0.15, -0.1) is 11.3 Å². The van der Waals surface area contributed by atoms with E-state index in [1.54, 1.807) is 0 Å². The highest BCUT2D eigenvalue weighted by Crippen LogP contribution is 2.25. The van der Waals surface area contributed by atoms with E-state index in [9.17, 15) is 13.2 Å². The Morgan fingerprint density at radius 3 is 2.69 bits per heavy atom. The molecule has 0 aliphatic carbocycles. The SMILES string of the molecule is CCCN(C)S(=O)(=O)c1sccc1C(=O)O. The number of carboxylic acid groups (broad SMARTS) is 1. The van der Waals surface area contributed by atoms with Crippen molar-refractivity contribution in [3.8, 4) is 0 Å². The zero-order valence-corrected chi connectivity index (χ0v) is 10.6. The molecule has 90 valence electrons. The number of thiophene rings is 1. The average Bonchev–Trinajstić information content (AvgIpc) is 2.66. The minimum atomic E-state index is -3.66. The van der Waals surface area contributed by atoms with Crippen LogP contribution in [0.4, 0.5) is 0 Å². The lowest BCUT2D eigenvalue weighted by atomic mass is 10.4. The predicted octanol–water partition coefficient (Wildman–Crippen LogP) is 1.48. The maximum atomic E-state index is 12.0. The number of rotatable bonds is 5. The summed E-state index contributed by atoms with van der Waals surface area (Å²) >= 11 is 0.929. The molecular formula is C9H13NO4S2. The third kappa shape index (κ3) is 2.42. The maximum Gasteiger partial charge on any atom is 0.337 e. The van der Waals surface area contributed by atoms with Gasteiger partial charge in [0.05, 0.1) is 5.56 Å². The lowest BCUT2D eigenvalue weighted by molar-refractivity contribution is 0.0693. The van der Waals surface area contributed by atoms with Crippen LogP contribution in [0.25, 0.3) is 0 Å². The summed E-state index contributed by atoms with van der Waals surface area (Å²) in [5.74, 6) is -1.22. The van der Waals surface area contributed by atoms with Crippen molar-refractivity contribution in [1.29, 1.82) is 0 Å². The van der Waals surface area contributed by atoms with Crippen molar-refractivity contribution in [2.24, 2.45) is 0 Å². The molecular weight excluding hydrogens is 250 g/mol. The highest BCUT2D eigenvalue weighted by atomic mass is 32.2. The van der Waals surface area contributed by atoms with Crippen molar-refractivity contribution in [2.45, 2.75) is 17.6 Å². The molecule has 1 aromatic heterocycles. The van der Waals surface area contributed by atoms with Crippen LogP contribution in [0.15, 0.2) is 15.7 Å². The second-order valence-electron chi connectivity index (χ2n) is 3.25. The lowest BCUT2D eigenvalue weighted by Crippen LogP contribution is -2.28. The zero-order chi connectivity index (χ0) is 12.3. The Balaban J connectivity index is 3.17. The van der Waals surface area contributed by atoms with E-state index in [4.69, 9.17) is 5.11 Å². The minimum absolute atomic E-state index is 0.101. The topological polar surface area (TPSA) is 74.7 Å². The van der Waals surface area contributed by atoms with Gasteiger partial charge in [0.25, 0.3) is 10.0 Å². The Hall–Kier alpha value is -0.920. The Labute approximate surface area is 98.4 Å². The number of carbonyl (C=O) groups is 1. The fourth-order valence-electron chi connectivity index (χ4n) is 1.23. The van der Waals surface area contributed by atoms with E-state index >= 15 is 0 Å². The van der Waals surface area contributed by atoms with Crippen LogP contribution in [0.2, 0.25) is 0 Å². The summed E-state index contributed by atoms with van der Waals surface area (Å²) in [7, 11) is -2.21. The molecule has 0 radical (unpaired) electrons. The average molecular weight is 263 g/mol. The molecule has 5 nitrogen and oxygen atoms in total. The third-order valence-electron chi connectivity index (χ3n) is 2.04. The van der Waals surface area contributed by atoms with E-state index < -0.39 is 16.0 Å². The van der Waals surface area contributed by atoms with Crippen LogP contribution in [0.5, 0.6) is 0 Å². The van der Waals surface area contributed by atoms with Gasteiger partial charge in [-0.2, -0.15) is 0 Å². The largest absolute Gasteiger partial charge is 0.478 e. The van der Waals surface area contributed by atoms with E-state index in [2.05, 4.69) is 0 Å². The summed E-state index contributed by atoms with van der Waals surface area (Å²) in [4.78, 5) is 10.8. The van der Waals surface area contributed by atoms with Crippen LogP contribution >= 0.6 is 11.3 Å². The van der Waals surface area contributed by atoms with Gasteiger partial charge >= 0.3 is 5.97 Å². The van der Waals surface area contributed by atoms with Crippen molar-refractivity contribution in [3.63, 3.8) is 0 Å². The molecule has 1 heterocycles. The number of sulfonamides is 1. The van der Waals surface area contributed by atoms with Crippen LogP contribution in [0.1, 0.15) is 23.7 Å². The Morgan fingerprint density at radius 2 is 2.19 bits per heavy atom. The normalized spacial score (nSPS) is 11.9. The van der Waals surface area contributed by atoms with Crippen LogP contribution in [0, 0.1) is 0 Å².